The van der Waals surface area contributed by atoms with Crippen LogP contribution in [0.5, 0.6) is 0 Å². The van der Waals surface area contributed by atoms with E-state index in [0.29, 0.717) is 6.42 Å². The molecule has 352 valence electrons. The lowest BCUT2D eigenvalue weighted by Gasteiger charge is -2.20. The standard InChI is InChI=1S/C56H105NO3/c1-3-5-7-9-11-13-15-17-19-21-23-25-26-27-28-29-30-32-33-35-37-39-41-43-45-47-49-51-55(59)54(53-58)57-56(60)52-50-48-46-44-42-40-38-36-34-31-24-22-20-18-16-14-12-10-8-6-4-2/h16,18,22,24,34,36,49,51,54-55,58-59H,3-15,17,19-21,23,25-33,35,37-48,50,52-53H2,1-2H3,(H,57,60)/b18-16-,24-22-,36-34-,51-49+. The van der Waals surface area contributed by atoms with Crippen molar-refractivity contribution in [3.05, 3.63) is 48.6 Å². The zero-order valence-electron chi connectivity index (χ0n) is 40.5. The first-order valence-electron chi connectivity index (χ1n) is 26.9. The van der Waals surface area contributed by atoms with Crippen LogP contribution in [0.3, 0.4) is 0 Å². The van der Waals surface area contributed by atoms with Crippen molar-refractivity contribution in [2.75, 3.05) is 6.61 Å². The zero-order chi connectivity index (χ0) is 43.5. The first-order valence-corrected chi connectivity index (χ1v) is 26.9. The largest absolute Gasteiger partial charge is 0.394 e. The number of hydrogen-bond donors (Lipinski definition) is 3. The Balaban J connectivity index is 3.53. The van der Waals surface area contributed by atoms with Crippen molar-refractivity contribution >= 4 is 5.91 Å². The highest BCUT2D eigenvalue weighted by Crippen LogP contribution is 2.17. The summed E-state index contributed by atoms with van der Waals surface area (Å²) in [6.07, 6.45) is 71.1. The number of amides is 1. The summed E-state index contributed by atoms with van der Waals surface area (Å²) in [5.41, 5.74) is 0. The van der Waals surface area contributed by atoms with Crippen LogP contribution in [0.1, 0.15) is 284 Å². The molecule has 0 saturated heterocycles. The molecule has 0 bridgehead atoms. The van der Waals surface area contributed by atoms with Crippen LogP contribution in [-0.2, 0) is 4.79 Å². The Morgan fingerprint density at radius 1 is 0.400 bits per heavy atom. The number of allylic oxidation sites excluding steroid dienone is 7. The number of aliphatic hydroxyl groups is 2. The number of unbranched alkanes of at least 4 members (excludes halogenated alkanes) is 36. The lowest BCUT2D eigenvalue weighted by atomic mass is 10.0. The van der Waals surface area contributed by atoms with Gasteiger partial charge in [-0.1, -0.05) is 268 Å². The fourth-order valence-corrected chi connectivity index (χ4v) is 8.19. The lowest BCUT2D eigenvalue weighted by molar-refractivity contribution is -0.123. The van der Waals surface area contributed by atoms with Crippen LogP contribution >= 0.6 is 0 Å². The Hall–Kier alpha value is -1.65. The van der Waals surface area contributed by atoms with Crippen LogP contribution in [0.2, 0.25) is 0 Å². The van der Waals surface area contributed by atoms with Gasteiger partial charge in [0.25, 0.3) is 0 Å². The van der Waals surface area contributed by atoms with Gasteiger partial charge >= 0.3 is 0 Å². The fourth-order valence-electron chi connectivity index (χ4n) is 8.19. The molecular formula is C56H105NO3. The summed E-state index contributed by atoms with van der Waals surface area (Å²) in [6.45, 7) is 4.31. The van der Waals surface area contributed by atoms with E-state index in [9.17, 15) is 15.0 Å². The van der Waals surface area contributed by atoms with Gasteiger partial charge in [-0.3, -0.25) is 4.79 Å². The fraction of sp³-hybridized carbons (Fsp3) is 0.839. The van der Waals surface area contributed by atoms with E-state index < -0.39 is 12.1 Å². The number of nitrogens with one attached hydrogen (secondary N) is 1. The Morgan fingerprint density at radius 2 is 0.683 bits per heavy atom. The van der Waals surface area contributed by atoms with Gasteiger partial charge in [0.1, 0.15) is 0 Å². The van der Waals surface area contributed by atoms with E-state index in [2.05, 4.69) is 55.6 Å². The van der Waals surface area contributed by atoms with Crippen LogP contribution in [0.25, 0.3) is 0 Å². The van der Waals surface area contributed by atoms with Crippen LogP contribution in [0.4, 0.5) is 0 Å². The molecule has 0 aliphatic carbocycles. The maximum Gasteiger partial charge on any atom is 0.220 e. The van der Waals surface area contributed by atoms with Gasteiger partial charge in [-0.15, -0.1) is 0 Å². The second-order valence-corrected chi connectivity index (χ2v) is 18.3. The molecule has 60 heavy (non-hydrogen) atoms. The van der Waals surface area contributed by atoms with Crippen molar-refractivity contribution in [2.24, 2.45) is 0 Å². The van der Waals surface area contributed by atoms with Crippen LogP contribution in [-0.4, -0.2) is 34.9 Å². The summed E-state index contributed by atoms with van der Waals surface area (Å²) in [4.78, 5) is 12.4. The molecule has 0 spiro atoms. The third-order valence-electron chi connectivity index (χ3n) is 12.3. The molecule has 2 atom stereocenters. The Kier molecular flexibility index (Phi) is 50.3. The molecule has 2 unspecified atom stereocenters. The van der Waals surface area contributed by atoms with E-state index in [4.69, 9.17) is 0 Å². The van der Waals surface area contributed by atoms with E-state index in [0.717, 1.165) is 51.4 Å². The smallest absolute Gasteiger partial charge is 0.220 e. The second kappa shape index (κ2) is 51.7. The van der Waals surface area contributed by atoms with Crippen molar-refractivity contribution in [1.82, 2.24) is 5.32 Å². The topological polar surface area (TPSA) is 69.6 Å². The van der Waals surface area contributed by atoms with Crippen molar-refractivity contribution in [3.63, 3.8) is 0 Å². The summed E-state index contributed by atoms with van der Waals surface area (Å²) in [5.74, 6) is -0.0743. The molecule has 0 fully saturated rings. The van der Waals surface area contributed by atoms with Gasteiger partial charge in [-0.05, 0) is 57.8 Å². The summed E-state index contributed by atoms with van der Waals surface area (Å²) < 4.78 is 0. The van der Waals surface area contributed by atoms with E-state index in [-0.39, 0.29) is 12.5 Å². The molecule has 0 aromatic carbocycles. The summed E-state index contributed by atoms with van der Waals surface area (Å²) >= 11 is 0. The van der Waals surface area contributed by atoms with E-state index in [1.807, 2.05) is 6.08 Å². The number of carbonyl (C=O) groups excluding carboxylic acids is 1. The molecule has 4 nitrogen and oxygen atoms in total. The van der Waals surface area contributed by atoms with Crippen LogP contribution in [0, 0.1) is 0 Å². The van der Waals surface area contributed by atoms with E-state index >= 15 is 0 Å². The first kappa shape index (κ1) is 58.4. The molecule has 0 aromatic heterocycles. The van der Waals surface area contributed by atoms with Crippen molar-refractivity contribution in [1.29, 1.82) is 0 Å². The molecule has 1 amide bonds. The maximum absolute atomic E-state index is 12.4. The molecule has 0 rings (SSSR count). The quantitative estimate of drug-likeness (QED) is 0.0422. The minimum absolute atomic E-state index is 0.0743. The van der Waals surface area contributed by atoms with Gasteiger partial charge in [0.15, 0.2) is 0 Å². The molecule has 0 saturated carbocycles. The molecule has 0 aromatic rings. The van der Waals surface area contributed by atoms with E-state index in [1.165, 1.54) is 212 Å². The average Bonchev–Trinajstić information content (AvgIpc) is 3.25. The van der Waals surface area contributed by atoms with Gasteiger partial charge in [-0.2, -0.15) is 0 Å². The number of carbonyl (C=O) groups is 1. The highest BCUT2D eigenvalue weighted by Gasteiger charge is 2.18. The van der Waals surface area contributed by atoms with Gasteiger partial charge < -0.3 is 15.5 Å². The molecule has 3 N–H and O–H groups in total. The normalized spacial score (nSPS) is 13.2. The molecule has 0 radical (unpaired) electrons. The van der Waals surface area contributed by atoms with Gasteiger partial charge in [0.2, 0.25) is 5.91 Å². The minimum atomic E-state index is -0.847. The number of hydrogen-bond acceptors (Lipinski definition) is 3. The average molecular weight is 840 g/mol. The number of aliphatic hydroxyl groups excluding tert-OH is 2. The molecule has 0 heterocycles. The lowest BCUT2D eigenvalue weighted by Crippen LogP contribution is -2.45. The summed E-state index contributed by atoms with van der Waals surface area (Å²) in [5, 5.41) is 23.1. The minimum Gasteiger partial charge on any atom is -0.394 e. The third kappa shape index (κ3) is 47.4. The Morgan fingerprint density at radius 3 is 1.02 bits per heavy atom. The van der Waals surface area contributed by atoms with Gasteiger partial charge in [0, 0.05) is 6.42 Å². The molecular weight excluding hydrogens is 735 g/mol. The molecule has 4 heteroatoms. The highest BCUT2D eigenvalue weighted by atomic mass is 16.3. The van der Waals surface area contributed by atoms with Gasteiger partial charge in [-0.25, -0.2) is 0 Å². The maximum atomic E-state index is 12.4. The Labute approximate surface area is 375 Å². The van der Waals surface area contributed by atoms with Gasteiger partial charge in [0.05, 0.1) is 18.8 Å². The third-order valence-corrected chi connectivity index (χ3v) is 12.3. The highest BCUT2D eigenvalue weighted by molar-refractivity contribution is 5.76. The predicted octanol–water partition coefficient (Wildman–Crippen LogP) is 17.5. The molecule has 0 aliphatic rings. The Bertz CT molecular complexity index is 954. The zero-order valence-corrected chi connectivity index (χ0v) is 40.5. The van der Waals surface area contributed by atoms with Crippen molar-refractivity contribution in [3.8, 4) is 0 Å². The SMILES string of the molecule is CCCCCCC/C=C\C/C=C\C/C=C\CCCCCCCCC(=O)NC(CO)C(O)/C=C/CCCCCCCCCCCCCCCCCCCCCCCCCCC. The van der Waals surface area contributed by atoms with Crippen LogP contribution in [0.15, 0.2) is 48.6 Å². The van der Waals surface area contributed by atoms with Crippen molar-refractivity contribution in [2.45, 2.75) is 296 Å². The second-order valence-electron chi connectivity index (χ2n) is 18.3. The van der Waals surface area contributed by atoms with Crippen molar-refractivity contribution < 1.29 is 15.0 Å². The van der Waals surface area contributed by atoms with Crippen LogP contribution < -0.4 is 5.32 Å². The summed E-state index contributed by atoms with van der Waals surface area (Å²) in [7, 11) is 0. The first-order chi connectivity index (χ1) is 29.7. The van der Waals surface area contributed by atoms with E-state index in [1.54, 1.807) is 6.08 Å². The monoisotopic (exact) mass is 840 g/mol. The number of rotatable bonds is 49. The predicted molar refractivity (Wildman–Crippen MR) is 267 cm³/mol. The summed E-state index contributed by atoms with van der Waals surface area (Å²) in [6, 6.07) is -0.631. The molecule has 0 aliphatic heterocycles.